The Morgan fingerprint density at radius 1 is 1.14 bits per heavy atom. The Hall–Kier alpha value is -2.22. The van der Waals surface area contributed by atoms with Gasteiger partial charge in [-0.1, -0.05) is 28.1 Å². The highest BCUT2D eigenvalue weighted by molar-refractivity contribution is 9.10. The van der Waals surface area contributed by atoms with E-state index in [1.54, 1.807) is 18.4 Å². The van der Waals surface area contributed by atoms with Gasteiger partial charge in [-0.3, -0.25) is 9.69 Å². The molecule has 1 amide bonds. The number of hydrogen-bond acceptors (Lipinski definition) is 5. The second kappa shape index (κ2) is 9.07. The molecule has 1 aliphatic heterocycles. The third kappa shape index (κ3) is 4.86. The molecule has 0 spiro atoms. The molecule has 0 saturated carbocycles. The van der Waals surface area contributed by atoms with E-state index in [2.05, 4.69) is 26.2 Å². The average Bonchev–Trinajstić information content (AvgIpc) is 3.23. The Labute approximate surface area is 183 Å². The average molecular weight is 472 g/mol. The van der Waals surface area contributed by atoms with Crippen LogP contribution >= 0.6 is 27.3 Å². The first-order valence-corrected chi connectivity index (χ1v) is 11.2. The molecule has 0 atom stereocenters. The quantitative estimate of drug-likeness (QED) is 0.547. The van der Waals surface area contributed by atoms with E-state index in [-0.39, 0.29) is 5.91 Å². The van der Waals surface area contributed by atoms with E-state index < -0.39 is 0 Å². The van der Waals surface area contributed by atoms with Crippen molar-refractivity contribution in [2.24, 2.45) is 0 Å². The summed E-state index contributed by atoms with van der Waals surface area (Å²) in [5.74, 6) is 0.940. The van der Waals surface area contributed by atoms with Crippen LogP contribution in [-0.4, -0.2) is 54.0 Å². The maximum atomic E-state index is 12.7. The Bertz CT molecular complexity index is 982. The predicted octanol–water partition coefficient (Wildman–Crippen LogP) is 4.54. The van der Waals surface area contributed by atoms with Gasteiger partial charge >= 0.3 is 0 Å². The molecule has 0 bridgehead atoms. The monoisotopic (exact) mass is 471 g/mol. The minimum absolute atomic E-state index is 0.103. The lowest BCUT2D eigenvalue weighted by atomic mass is 10.1. The second-order valence-corrected chi connectivity index (χ2v) is 8.79. The van der Waals surface area contributed by atoms with Crippen molar-refractivity contribution in [3.05, 3.63) is 69.0 Å². The van der Waals surface area contributed by atoms with Gasteiger partial charge in [-0.25, -0.2) is 4.98 Å². The number of thiazole rings is 1. The molecule has 1 fully saturated rings. The van der Waals surface area contributed by atoms with Gasteiger partial charge in [0.25, 0.3) is 5.91 Å². The zero-order chi connectivity index (χ0) is 20.2. The van der Waals surface area contributed by atoms with E-state index in [1.165, 1.54) is 0 Å². The van der Waals surface area contributed by atoms with Gasteiger partial charge in [0.05, 0.1) is 19.3 Å². The van der Waals surface area contributed by atoms with Crippen LogP contribution in [0.1, 0.15) is 15.4 Å². The molecule has 5 nitrogen and oxygen atoms in total. The molecule has 0 aliphatic carbocycles. The molecule has 7 heteroatoms. The standard InChI is InChI=1S/C22H22BrN3O2S/c1-28-19-4-2-3-17(13-19)20-15-29-21(24-20)14-25-9-11-26(12-10-25)22(27)16-5-7-18(23)8-6-16/h2-8,13,15H,9-12,14H2,1H3. The lowest BCUT2D eigenvalue weighted by Gasteiger charge is -2.34. The molecule has 29 heavy (non-hydrogen) atoms. The van der Waals surface area contributed by atoms with E-state index in [4.69, 9.17) is 9.72 Å². The summed E-state index contributed by atoms with van der Waals surface area (Å²) in [6.07, 6.45) is 0. The summed E-state index contributed by atoms with van der Waals surface area (Å²) < 4.78 is 6.29. The Morgan fingerprint density at radius 2 is 1.90 bits per heavy atom. The number of nitrogens with zero attached hydrogens (tertiary/aromatic N) is 3. The molecule has 0 radical (unpaired) electrons. The first-order chi connectivity index (χ1) is 14.1. The normalized spacial score (nSPS) is 14.8. The van der Waals surface area contributed by atoms with Crippen molar-refractivity contribution in [2.75, 3.05) is 33.3 Å². The number of benzene rings is 2. The third-order valence-corrected chi connectivity index (χ3v) is 6.39. The number of methoxy groups -OCH3 is 1. The molecule has 150 valence electrons. The number of halogens is 1. The number of piperazine rings is 1. The first kappa shape index (κ1) is 20.1. The highest BCUT2D eigenvalue weighted by Gasteiger charge is 2.22. The number of aromatic nitrogens is 1. The van der Waals surface area contributed by atoms with Crippen molar-refractivity contribution >= 4 is 33.2 Å². The van der Waals surface area contributed by atoms with Crippen molar-refractivity contribution in [1.82, 2.24) is 14.8 Å². The van der Waals surface area contributed by atoms with Gasteiger partial charge in [-0.05, 0) is 36.4 Å². The van der Waals surface area contributed by atoms with Crippen LogP contribution in [0.25, 0.3) is 11.3 Å². The fourth-order valence-corrected chi connectivity index (χ4v) is 4.48. The van der Waals surface area contributed by atoms with Gasteiger partial charge in [0.15, 0.2) is 0 Å². The SMILES string of the molecule is COc1cccc(-c2csc(CN3CCN(C(=O)c4ccc(Br)cc4)CC3)n2)c1. The number of rotatable bonds is 5. The number of amides is 1. The third-order valence-electron chi connectivity index (χ3n) is 5.03. The lowest BCUT2D eigenvalue weighted by Crippen LogP contribution is -2.48. The minimum atomic E-state index is 0.103. The van der Waals surface area contributed by atoms with Crippen molar-refractivity contribution in [3.8, 4) is 17.0 Å². The maximum absolute atomic E-state index is 12.7. The molecule has 4 rings (SSSR count). The highest BCUT2D eigenvalue weighted by atomic mass is 79.9. The number of hydrogen-bond donors (Lipinski definition) is 0. The molecular weight excluding hydrogens is 450 g/mol. The van der Waals surface area contributed by atoms with Crippen molar-refractivity contribution < 1.29 is 9.53 Å². The molecule has 1 saturated heterocycles. The van der Waals surface area contributed by atoms with E-state index in [0.717, 1.165) is 64.8 Å². The van der Waals surface area contributed by atoms with Crippen LogP contribution in [0, 0.1) is 0 Å². The Balaban J connectivity index is 1.33. The first-order valence-electron chi connectivity index (χ1n) is 9.48. The van der Waals surface area contributed by atoms with Gasteiger partial charge in [-0.15, -0.1) is 11.3 Å². The predicted molar refractivity (Wildman–Crippen MR) is 119 cm³/mol. The number of carbonyl (C=O) groups excluding carboxylic acids is 1. The molecule has 1 aliphatic rings. The summed E-state index contributed by atoms with van der Waals surface area (Å²) in [5.41, 5.74) is 2.79. The van der Waals surface area contributed by atoms with Crippen LogP contribution in [-0.2, 0) is 6.54 Å². The molecule has 0 unspecified atom stereocenters. The topological polar surface area (TPSA) is 45.7 Å². The van der Waals surface area contributed by atoms with E-state index in [0.29, 0.717) is 0 Å². The molecular formula is C22H22BrN3O2S. The Kier molecular flexibility index (Phi) is 6.28. The van der Waals surface area contributed by atoms with E-state index in [9.17, 15) is 4.79 Å². The van der Waals surface area contributed by atoms with Crippen LogP contribution in [0.5, 0.6) is 5.75 Å². The zero-order valence-electron chi connectivity index (χ0n) is 16.2. The highest BCUT2D eigenvalue weighted by Crippen LogP contribution is 2.26. The van der Waals surface area contributed by atoms with Gasteiger partial charge in [0.2, 0.25) is 0 Å². The summed E-state index contributed by atoms with van der Waals surface area (Å²) in [7, 11) is 1.67. The molecule has 2 aromatic carbocycles. The van der Waals surface area contributed by atoms with Crippen LogP contribution in [0.2, 0.25) is 0 Å². The van der Waals surface area contributed by atoms with Crippen molar-refractivity contribution in [1.29, 1.82) is 0 Å². The van der Waals surface area contributed by atoms with E-state index in [1.807, 2.05) is 53.4 Å². The Morgan fingerprint density at radius 3 is 2.62 bits per heavy atom. The molecule has 3 aromatic rings. The summed E-state index contributed by atoms with van der Waals surface area (Å²) in [4.78, 5) is 21.8. The van der Waals surface area contributed by atoms with Gasteiger partial charge in [-0.2, -0.15) is 0 Å². The van der Waals surface area contributed by atoms with E-state index >= 15 is 0 Å². The van der Waals surface area contributed by atoms with Crippen LogP contribution < -0.4 is 4.74 Å². The summed E-state index contributed by atoms with van der Waals surface area (Å²) in [5, 5.41) is 3.19. The molecule has 1 aromatic heterocycles. The summed E-state index contributed by atoms with van der Waals surface area (Å²) >= 11 is 5.09. The summed E-state index contributed by atoms with van der Waals surface area (Å²) in [6, 6.07) is 15.5. The van der Waals surface area contributed by atoms with Gasteiger partial charge < -0.3 is 9.64 Å². The maximum Gasteiger partial charge on any atom is 0.253 e. The van der Waals surface area contributed by atoms with Crippen LogP contribution in [0.4, 0.5) is 0 Å². The molecule has 0 N–H and O–H groups in total. The fraction of sp³-hybridized carbons (Fsp3) is 0.273. The number of ether oxygens (including phenoxy) is 1. The smallest absolute Gasteiger partial charge is 0.253 e. The number of carbonyl (C=O) groups is 1. The van der Waals surface area contributed by atoms with Gasteiger partial charge in [0, 0.05) is 47.2 Å². The lowest BCUT2D eigenvalue weighted by molar-refractivity contribution is 0.0628. The van der Waals surface area contributed by atoms with Crippen molar-refractivity contribution in [2.45, 2.75) is 6.54 Å². The van der Waals surface area contributed by atoms with Crippen LogP contribution in [0.15, 0.2) is 58.4 Å². The van der Waals surface area contributed by atoms with Crippen molar-refractivity contribution in [3.63, 3.8) is 0 Å². The minimum Gasteiger partial charge on any atom is -0.497 e. The summed E-state index contributed by atoms with van der Waals surface area (Å²) in [6.45, 7) is 4.01. The van der Waals surface area contributed by atoms with Crippen LogP contribution in [0.3, 0.4) is 0 Å². The second-order valence-electron chi connectivity index (χ2n) is 6.93. The molecule has 2 heterocycles. The van der Waals surface area contributed by atoms with Gasteiger partial charge in [0.1, 0.15) is 10.8 Å². The largest absolute Gasteiger partial charge is 0.497 e. The fourth-order valence-electron chi connectivity index (χ4n) is 3.37. The zero-order valence-corrected chi connectivity index (χ0v) is 18.6.